The predicted octanol–water partition coefficient (Wildman–Crippen LogP) is 2.16. The molecule has 0 bridgehead atoms. The Balaban J connectivity index is 2.33. The van der Waals surface area contributed by atoms with Crippen LogP contribution in [0.1, 0.15) is 33.6 Å². The minimum Gasteiger partial charge on any atom is -0.468 e. The van der Waals surface area contributed by atoms with Crippen LogP contribution in [0.4, 0.5) is 0 Å². The summed E-state index contributed by atoms with van der Waals surface area (Å²) in [6.07, 6.45) is 2.06. The topological polar surface area (TPSA) is 29.5 Å². The van der Waals surface area contributed by atoms with E-state index in [1.165, 1.54) is 7.11 Å². The summed E-state index contributed by atoms with van der Waals surface area (Å²) in [5.74, 6) is 1.01. The van der Waals surface area contributed by atoms with Crippen molar-refractivity contribution in [1.29, 1.82) is 0 Å². The molecule has 0 aromatic carbocycles. The van der Waals surface area contributed by atoms with Crippen LogP contribution in [0.2, 0.25) is 0 Å². The van der Waals surface area contributed by atoms with Gasteiger partial charge in [0.1, 0.15) is 6.04 Å². The van der Waals surface area contributed by atoms with Gasteiger partial charge in [0.2, 0.25) is 0 Å². The van der Waals surface area contributed by atoms with Gasteiger partial charge in [0, 0.05) is 17.0 Å². The van der Waals surface area contributed by atoms with Crippen molar-refractivity contribution in [2.75, 3.05) is 26.0 Å². The first-order valence-corrected chi connectivity index (χ1v) is 6.88. The van der Waals surface area contributed by atoms with Crippen molar-refractivity contribution in [3.8, 4) is 0 Å². The van der Waals surface area contributed by atoms with E-state index < -0.39 is 0 Å². The Bertz CT molecular complexity index is 238. The maximum atomic E-state index is 11.5. The number of hydrogen-bond acceptors (Lipinski definition) is 4. The van der Waals surface area contributed by atoms with Crippen molar-refractivity contribution < 1.29 is 9.53 Å². The quantitative estimate of drug-likeness (QED) is 0.710. The van der Waals surface area contributed by atoms with Crippen LogP contribution < -0.4 is 0 Å². The van der Waals surface area contributed by atoms with Crippen LogP contribution >= 0.6 is 11.8 Å². The molecule has 16 heavy (non-hydrogen) atoms. The number of carbonyl (C=O) groups is 1. The molecular formula is C12H23NO2S. The van der Waals surface area contributed by atoms with Gasteiger partial charge in [-0.25, -0.2) is 0 Å². The zero-order valence-electron chi connectivity index (χ0n) is 10.8. The normalized spacial score (nSPS) is 22.4. The predicted molar refractivity (Wildman–Crippen MR) is 68.8 cm³/mol. The molecule has 0 spiro atoms. The maximum Gasteiger partial charge on any atom is 0.323 e. The smallest absolute Gasteiger partial charge is 0.323 e. The van der Waals surface area contributed by atoms with E-state index in [1.807, 2.05) is 11.8 Å². The molecule has 0 aromatic heterocycles. The number of methoxy groups -OCH3 is 1. The molecule has 1 fully saturated rings. The van der Waals surface area contributed by atoms with E-state index in [-0.39, 0.29) is 12.0 Å². The number of hydrogen-bond donors (Lipinski definition) is 0. The zero-order valence-corrected chi connectivity index (χ0v) is 11.6. The summed E-state index contributed by atoms with van der Waals surface area (Å²) in [7, 11) is 1.47. The maximum absolute atomic E-state index is 11.5. The minimum absolute atomic E-state index is 0.00516. The number of esters is 1. The number of thioether (sulfide) groups is 1. The standard InChI is InChI=1S/C12H23NO2S/c1-12(2,3)16-9-8-13-7-5-6-10(13)11(14)15-4/h10H,5-9H2,1-4H3. The molecule has 1 unspecified atom stereocenters. The monoisotopic (exact) mass is 245 g/mol. The molecule has 3 nitrogen and oxygen atoms in total. The largest absolute Gasteiger partial charge is 0.468 e. The first-order valence-electron chi connectivity index (χ1n) is 5.90. The van der Waals surface area contributed by atoms with Crippen molar-refractivity contribution in [1.82, 2.24) is 4.90 Å². The fourth-order valence-corrected chi connectivity index (χ4v) is 2.90. The second kappa shape index (κ2) is 5.92. The van der Waals surface area contributed by atoms with Crippen molar-refractivity contribution in [3.63, 3.8) is 0 Å². The Morgan fingerprint density at radius 1 is 1.50 bits per heavy atom. The van der Waals surface area contributed by atoms with E-state index in [4.69, 9.17) is 4.74 Å². The highest BCUT2D eigenvalue weighted by Crippen LogP contribution is 2.25. The summed E-state index contributed by atoms with van der Waals surface area (Å²) in [6.45, 7) is 8.69. The van der Waals surface area contributed by atoms with Crippen LogP contribution in [0.25, 0.3) is 0 Å². The van der Waals surface area contributed by atoms with Crippen LogP contribution in [0.5, 0.6) is 0 Å². The van der Waals surface area contributed by atoms with E-state index >= 15 is 0 Å². The molecule has 1 aliphatic rings. The first-order chi connectivity index (χ1) is 7.44. The zero-order chi connectivity index (χ0) is 12.2. The molecule has 0 radical (unpaired) electrons. The summed E-state index contributed by atoms with van der Waals surface area (Å²) in [4.78, 5) is 13.8. The minimum atomic E-state index is -0.0711. The number of ether oxygens (including phenoxy) is 1. The summed E-state index contributed by atoms with van der Waals surface area (Å²) in [6, 6.07) is 0.00516. The molecule has 1 heterocycles. The summed E-state index contributed by atoms with van der Waals surface area (Å²) in [5, 5.41) is 0. The summed E-state index contributed by atoms with van der Waals surface area (Å²) < 4.78 is 5.13. The SMILES string of the molecule is COC(=O)C1CCCN1CCSC(C)(C)C. The molecule has 0 saturated carbocycles. The molecule has 1 atom stereocenters. The molecule has 1 aliphatic heterocycles. The van der Waals surface area contributed by atoms with Crippen LogP contribution in [0.3, 0.4) is 0 Å². The van der Waals surface area contributed by atoms with Crippen molar-refractivity contribution in [2.45, 2.75) is 44.4 Å². The van der Waals surface area contributed by atoms with Crippen LogP contribution in [0.15, 0.2) is 0 Å². The third-order valence-electron chi connectivity index (χ3n) is 2.75. The van der Waals surface area contributed by atoms with E-state index in [0.717, 1.165) is 31.7 Å². The van der Waals surface area contributed by atoms with Crippen LogP contribution in [-0.4, -0.2) is 47.6 Å². The molecule has 1 rings (SSSR count). The van der Waals surface area contributed by atoms with Gasteiger partial charge in [-0.15, -0.1) is 0 Å². The summed E-state index contributed by atoms with van der Waals surface area (Å²) in [5.41, 5.74) is 0. The fourth-order valence-electron chi connectivity index (χ4n) is 1.97. The van der Waals surface area contributed by atoms with Crippen molar-refractivity contribution in [2.24, 2.45) is 0 Å². The van der Waals surface area contributed by atoms with Gasteiger partial charge in [-0.3, -0.25) is 9.69 Å². The lowest BCUT2D eigenvalue weighted by molar-refractivity contribution is -0.145. The van der Waals surface area contributed by atoms with Crippen molar-refractivity contribution >= 4 is 17.7 Å². The van der Waals surface area contributed by atoms with Gasteiger partial charge in [-0.1, -0.05) is 20.8 Å². The fraction of sp³-hybridized carbons (Fsp3) is 0.917. The Morgan fingerprint density at radius 3 is 2.75 bits per heavy atom. The van der Waals surface area contributed by atoms with Gasteiger partial charge >= 0.3 is 5.97 Å². The molecule has 0 amide bonds. The lowest BCUT2D eigenvalue weighted by atomic mass is 10.2. The van der Waals surface area contributed by atoms with E-state index in [0.29, 0.717) is 4.75 Å². The number of nitrogens with zero attached hydrogens (tertiary/aromatic N) is 1. The molecule has 94 valence electrons. The van der Waals surface area contributed by atoms with Gasteiger partial charge in [-0.05, 0) is 19.4 Å². The Labute approximate surface area is 103 Å². The Kier molecular flexibility index (Phi) is 5.12. The van der Waals surface area contributed by atoms with Gasteiger partial charge in [0.15, 0.2) is 0 Å². The number of rotatable bonds is 4. The molecule has 4 heteroatoms. The molecular weight excluding hydrogens is 222 g/mol. The highest BCUT2D eigenvalue weighted by Gasteiger charge is 2.31. The van der Waals surface area contributed by atoms with Crippen LogP contribution in [0, 0.1) is 0 Å². The third kappa shape index (κ3) is 4.34. The lowest BCUT2D eigenvalue weighted by Crippen LogP contribution is -2.38. The van der Waals surface area contributed by atoms with Crippen LogP contribution in [-0.2, 0) is 9.53 Å². The Hall–Kier alpha value is -0.220. The van der Waals surface area contributed by atoms with Crippen molar-refractivity contribution in [3.05, 3.63) is 0 Å². The van der Waals surface area contributed by atoms with Gasteiger partial charge < -0.3 is 4.74 Å². The van der Waals surface area contributed by atoms with E-state index in [1.54, 1.807) is 0 Å². The summed E-state index contributed by atoms with van der Waals surface area (Å²) >= 11 is 1.95. The van der Waals surface area contributed by atoms with E-state index in [9.17, 15) is 4.79 Å². The lowest BCUT2D eigenvalue weighted by Gasteiger charge is -2.24. The second-order valence-corrected chi connectivity index (χ2v) is 7.10. The number of likely N-dealkylation sites (tertiary alicyclic amines) is 1. The average molecular weight is 245 g/mol. The van der Waals surface area contributed by atoms with E-state index in [2.05, 4.69) is 25.7 Å². The first kappa shape index (κ1) is 13.8. The molecule has 0 aliphatic carbocycles. The number of carbonyl (C=O) groups excluding carboxylic acids is 1. The highest BCUT2D eigenvalue weighted by molar-refractivity contribution is 8.00. The second-order valence-electron chi connectivity index (χ2n) is 5.18. The van der Waals surface area contributed by atoms with Gasteiger partial charge in [-0.2, -0.15) is 11.8 Å². The van der Waals surface area contributed by atoms with Gasteiger partial charge in [0.05, 0.1) is 7.11 Å². The molecule has 0 N–H and O–H groups in total. The average Bonchev–Trinajstić information content (AvgIpc) is 2.63. The third-order valence-corrected chi connectivity index (χ3v) is 4.00. The molecule has 1 saturated heterocycles. The molecule has 0 aromatic rings. The Morgan fingerprint density at radius 2 is 2.19 bits per heavy atom. The highest BCUT2D eigenvalue weighted by atomic mass is 32.2. The van der Waals surface area contributed by atoms with Gasteiger partial charge in [0.25, 0.3) is 0 Å².